The van der Waals surface area contributed by atoms with Crippen molar-refractivity contribution in [3.8, 4) is 17.1 Å². The van der Waals surface area contributed by atoms with Crippen molar-refractivity contribution in [1.82, 2.24) is 39.3 Å². The third-order valence-electron chi connectivity index (χ3n) is 11.2. The van der Waals surface area contributed by atoms with Crippen molar-refractivity contribution in [2.24, 2.45) is 5.41 Å². The minimum absolute atomic E-state index is 0.0490. The highest BCUT2D eigenvalue weighted by Crippen LogP contribution is 2.75. The van der Waals surface area contributed by atoms with Crippen LogP contribution in [0.25, 0.3) is 17.2 Å². The molecule has 14 nitrogen and oxygen atoms in total. The molecular weight excluding hydrogens is 721 g/mol. The van der Waals surface area contributed by atoms with Gasteiger partial charge in [-0.25, -0.2) is 9.97 Å². The second-order valence-corrected chi connectivity index (χ2v) is 14.6. The van der Waals surface area contributed by atoms with Gasteiger partial charge in [-0.05, 0) is 56.2 Å². The van der Waals surface area contributed by atoms with Gasteiger partial charge < -0.3 is 29.5 Å². The predicted octanol–water partition coefficient (Wildman–Crippen LogP) is 3.20. The number of rotatable bonds is 8. The number of aromatic hydroxyl groups is 1. The highest BCUT2D eigenvalue weighted by molar-refractivity contribution is 5.95. The molecule has 3 aromatic heterocycles. The average molecular weight is 758 g/mol. The Kier molecular flexibility index (Phi) is 8.24. The number of hydrogen-bond acceptors (Lipinski definition) is 10. The summed E-state index contributed by atoms with van der Waals surface area (Å²) in [4.78, 5) is 57.1. The number of ether oxygens (including phenoxy) is 1. The van der Waals surface area contributed by atoms with Crippen molar-refractivity contribution < 1.29 is 41.4 Å². The standard InChI is InChI=1S/C35H36F5N9O5/c1-3-23-26(46-7-9-47(10-8-46)29(52)25-27(51)19(2)41-18-42-25)30(53)49-31(43-28(45-49)21-4-5-22-14-54-11-6-20(22)12-21)48(23)13-24(50)44-33-15-32(16-33,17-33)34(36,37)35(38,39)40/h4-5,12,18,51H,3,6-11,13-17H2,1-2H3,(H,44,50). The van der Waals surface area contributed by atoms with E-state index < -0.39 is 66.2 Å². The van der Waals surface area contributed by atoms with Crippen LogP contribution in [0.2, 0.25) is 0 Å². The topological polar surface area (TPSA) is 160 Å². The maximum Gasteiger partial charge on any atom is 0.453 e. The number of aryl methyl sites for hydroxylation is 1. The van der Waals surface area contributed by atoms with E-state index in [1.807, 2.05) is 18.2 Å². The third kappa shape index (κ3) is 5.48. The summed E-state index contributed by atoms with van der Waals surface area (Å²) in [7, 11) is 0. The highest BCUT2D eigenvalue weighted by atomic mass is 19.4. The molecule has 286 valence electrons. The molecule has 0 radical (unpaired) electrons. The summed E-state index contributed by atoms with van der Waals surface area (Å²) in [6.45, 7) is 4.65. The molecule has 2 aliphatic heterocycles. The Morgan fingerprint density at radius 3 is 2.44 bits per heavy atom. The van der Waals surface area contributed by atoms with Crippen LogP contribution in [0, 0.1) is 12.3 Å². The zero-order valence-corrected chi connectivity index (χ0v) is 29.3. The molecule has 3 aliphatic carbocycles. The van der Waals surface area contributed by atoms with Gasteiger partial charge in [0.25, 0.3) is 11.5 Å². The molecule has 4 aromatic rings. The van der Waals surface area contributed by atoms with Gasteiger partial charge in [0.05, 0.1) is 30.0 Å². The minimum Gasteiger partial charge on any atom is -0.504 e. The number of carbonyl (C=O) groups is 2. The molecule has 3 saturated carbocycles. The summed E-state index contributed by atoms with van der Waals surface area (Å²) in [5.74, 6) is -6.06. The van der Waals surface area contributed by atoms with Crippen LogP contribution in [-0.2, 0) is 35.5 Å². The molecule has 2 amide bonds. The van der Waals surface area contributed by atoms with Crippen LogP contribution in [0.15, 0.2) is 29.3 Å². The molecule has 0 unspecified atom stereocenters. The van der Waals surface area contributed by atoms with Crippen molar-refractivity contribution in [2.75, 3.05) is 37.7 Å². The van der Waals surface area contributed by atoms with Crippen molar-refractivity contribution in [3.63, 3.8) is 0 Å². The van der Waals surface area contributed by atoms with Gasteiger partial charge >= 0.3 is 12.1 Å². The van der Waals surface area contributed by atoms with Gasteiger partial charge in [0, 0.05) is 37.3 Å². The second-order valence-electron chi connectivity index (χ2n) is 14.6. The number of benzene rings is 1. The molecule has 9 rings (SSSR count). The summed E-state index contributed by atoms with van der Waals surface area (Å²) in [5, 5.41) is 17.7. The van der Waals surface area contributed by atoms with Crippen LogP contribution in [0.3, 0.4) is 0 Å². The predicted molar refractivity (Wildman–Crippen MR) is 180 cm³/mol. The summed E-state index contributed by atoms with van der Waals surface area (Å²) in [6, 6.07) is 5.65. The van der Waals surface area contributed by atoms with Gasteiger partial charge in [-0.15, -0.1) is 5.10 Å². The van der Waals surface area contributed by atoms with E-state index in [1.54, 1.807) is 18.7 Å². The molecule has 5 heterocycles. The number of anilines is 1. The highest BCUT2D eigenvalue weighted by Gasteiger charge is 2.84. The Bertz CT molecular complexity index is 2240. The first-order chi connectivity index (χ1) is 25.6. The molecule has 1 aromatic carbocycles. The van der Waals surface area contributed by atoms with Crippen molar-refractivity contribution in [2.45, 2.75) is 76.7 Å². The smallest absolute Gasteiger partial charge is 0.453 e. The first-order valence-corrected chi connectivity index (χ1v) is 17.6. The Labute approximate surface area is 304 Å². The summed E-state index contributed by atoms with van der Waals surface area (Å²) in [5.41, 5.74) is -0.464. The SMILES string of the molecule is CCc1c(N2CCN(C(=O)c3ncnc(C)c3O)CC2)c(=O)n2nc(-c3ccc4c(c3)CCOC4)nc2n1CC(=O)NC12CC(C(F)(F)C(F)(F)F)(C1)C2. The van der Waals surface area contributed by atoms with Gasteiger partial charge in [-0.3, -0.25) is 14.4 Å². The fourth-order valence-electron chi connectivity index (χ4n) is 8.49. The zero-order chi connectivity index (χ0) is 38.4. The molecule has 19 heteroatoms. The number of nitrogens with zero attached hydrogens (tertiary/aromatic N) is 8. The number of piperazine rings is 1. The van der Waals surface area contributed by atoms with E-state index in [0.29, 0.717) is 30.9 Å². The fraction of sp³-hybridized carbons (Fsp3) is 0.514. The summed E-state index contributed by atoms with van der Waals surface area (Å²) >= 11 is 0. The monoisotopic (exact) mass is 757 g/mol. The molecule has 2 bridgehead atoms. The molecule has 5 aliphatic rings. The van der Waals surface area contributed by atoms with Gasteiger partial charge in [0.2, 0.25) is 11.7 Å². The van der Waals surface area contributed by atoms with Crippen LogP contribution in [0.1, 0.15) is 59.2 Å². The first kappa shape index (κ1) is 35.8. The zero-order valence-electron chi connectivity index (χ0n) is 29.3. The number of amides is 2. The van der Waals surface area contributed by atoms with Gasteiger partial charge in [-0.1, -0.05) is 19.1 Å². The van der Waals surface area contributed by atoms with Crippen molar-refractivity contribution in [3.05, 3.63) is 63.1 Å². The lowest BCUT2D eigenvalue weighted by molar-refractivity contribution is -0.387. The fourth-order valence-corrected chi connectivity index (χ4v) is 8.49. The first-order valence-electron chi connectivity index (χ1n) is 17.6. The second kappa shape index (κ2) is 12.4. The normalized spacial score (nSPS) is 22.4. The van der Waals surface area contributed by atoms with Gasteiger partial charge in [-0.2, -0.15) is 31.5 Å². The quantitative estimate of drug-likeness (QED) is 0.256. The van der Waals surface area contributed by atoms with Crippen LogP contribution < -0.4 is 15.8 Å². The Morgan fingerprint density at radius 2 is 1.76 bits per heavy atom. The number of hydrogen-bond donors (Lipinski definition) is 2. The number of fused-ring (bicyclic) bond motifs is 2. The van der Waals surface area contributed by atoms with Crippen LogP contribution in [0.4, 0.5) is 27.6 Å². The van der Waals surface area contributed by atoms with E-state index in [1.165, 1.54) is 15.8 Å². The van der Waals surface area contributed by atoms with Crippen LogP contribution in [-0.4, -0.2) is 101 Å². The Morgan fingerprint density at radius 1 is 1.04 bits per heavy atom. The van der Waals surface area contributed by atoms with E-state index in [-0.39, 0.29) is 67.0 Å². The lowest BCUT2D eigenvalue weighted by Crippen LogP contribution is -2.81. The summed E-state index contributed by atoms with van der Waals surface area (Å²) < 4.78 is 76.2. The number of nitrogens with one attached hydrogen (secondary N) is 1. The molecule has 0 atom stereocenters. The van der Waals surface area contributed by atoms with E-state index in [4.69, 9.17) is 9.72 Å². The van der Waals surface area contributed by atoms with E-state index in [0.717, 1.165) is 15.6 Å². The number of carbonyl (C=O) groups excluding carboxylic acids is 2. The van der Waals surface area contributed by atoms with Crippen molar-refractivity contribution in [1.29, 1.82) is 0 Å². The number of halogens is 5. The Hall–Kier alpha value is -5.20. The minimum atomic E-state index is -5.69. The van der Waals surface area contributed by atoms with Crippen LogP contribution >= 0.6 is 0 Å². The third-order valence-corrected chi connectivity index (χ3v) is 11.2. The molecule has 54 heavy (non-hydrogen) atoms. The van der Waals surface area contributed by atoms with Gasteiger partial charge in [0.1, 0.15) is 18.6 Å². The van der Waals surface area contributed by atoms with Crippen molar-refractivity contribution >= 4 is 23.3 Å². The molecular formula is C35H36F5N9O5. The molecule has 0 spiro atoms. The van der Waals surface area contributed by atoms with E-state index in [2.05, 4.69) is 20.4 Å². The van der Waals surface area contributed by atoms with E-state index in [9.17, 15) is 41.4 Å². The van der Waals surface area contributed by atoms with Crippen LogP contribution in [0.5, 0.6) is 5.75 Å². The molecule has 4 fully saturated rings. The number of alkyl halides is 5. The Balaban J connectivity index is 1.12. The maximum atomic E-state index is 14.3. The summed E-state index contributed by atoms with van der Waals surface area (Å²) in [6.07, 6.45) is -5.09. The maximum absolute atomic E-state index is 14.3. The number of aromatic nitrogens is 6. The lowest BCUT2D eigenvalue weighted by atomic mass is 9.37. The van der Waals surface area contributed by atoms with E-state index >= 15 is 0 Å². The van der Waals surface area contributed by atoms with Gasteiger partial charge in [0.15, 0.2) is 17.3 Å². The molecule has 1 saturated heterocycles. The molecule has 2 N–H and O–H groups in total. The largest absolute Gasteiger partial charge is 0.504 e. The lowest BCUT2D eigenvalue weighted by Gasteiger charge is -2.72. The average Bonchev–Trinajstić information content (AvgIpc) is 3.56.